The zero-order chi connectivity index (χ0) is 15.0. The van der Waals surface area contributed by atoms with Crippen LogP contribution in [0.15, 0.2) is 27.2 Å². The van der Waals surface area contributed by atoms with E-state index in [0.29, 0.717) is 18.3 Å². The maximum Gasteiger partial charge on any atom is 0.270 e. The molecule has 0 saturated carbocycles. The molecule has 0 spiro atoms. The second kappa shape index (κ2) is 5.67. The first-order chi connectivity index (χ1) is 10.1. The molecule has 0 amide bonds. The van der Waals surface area contributed by atoms with Gasteiger partial charge in [-0.15, -0.1) is 11.3 Å². The van der Waals surface area contributed by atoms with Crippen LogP contribution >= 0.6 is 27.3 Å². The van der Waals surface area contributed by atoms with E-state index in [4.69, 9.17) is 10.3 Å². The van der Waals surface area contributed by atoms with E-state index >= 15 is 0 Å². The summed E-state index contributed by atoms with van der Waals surface area (Å²) < 4.78 is 6.41. The predicted octanol–water partition coefficient (Wildman–Crippen LogP) is 3.70. The van der Waals surface area contributed by atoms with Crippen LogP contribution in [0.4, 0.5) is 0 Å². The summed E-state index contributed by atoms with van der Waals surface area (Å²) in [7, 11) is 0. The fourth-order valence-electron chi connectivity index (χ4n) is 2.04. The quantitative estimate of drug-likeness (QED) is 0.766. The van der Waals surface area contributed by atoms with Gasteiger partial charge in [-0.1, -0.05) is 21.1 Å². The van der Waals surface area contributed by atoms with Crippen LogP contribution in [0, 0.1) is 13.8 Å². The second-order valence-corrected chi connectivity index (χ2v) is 6.61. The Labute approximate surface area is 134 Å². The number of rotatable bonds is 3. The Morgan fingerprint density at radius 2 is 2.10 bits per heavy atom. The molecule has 0 aliphatic carbocycles. The normalized spacial score (nSPS) is 11.0. The summed E-state index contributed by atoms with van der Waals surface area (Å²) >= 11 is 4.94. The summed E-state index contributed by atoms with van der Waals surface area (Å²) in [6, 6.07) is 5.96. The van der Waals surface area contributed by atoms with E-state index in [1.165, 1.54) is 11.3 Å². The largest absolute Gasteiger partial charge is 0.333 e. The monoisotopic (exact) mass is 364 g/mol. The van der Waals surface area contributed by atoms with Crippen LogP contribution in [-0.2, 0) is 6.54 Å². The standard InChI is InChI=1S/C14H13BrN4OS/c1-7-5-9(15)3-4-10(7)13-18-14(20-19-13)12-8(2)17-11(6-16)21-12/h3-5H,6,16H2,1-2H3. The highest BCUT2D eigenvalue weighted by Gasteiger charge is 2.17. The number of nitrogens with zero attached hydrogens (tertiary/aromatic N) is 3. The fraction of sp³-hybridized carbons (Fsp3) is 0.214. The fourth-order valence-corrected chi connectivity index (χ4v) is 3.38. The molecule has 2 N–H and O–H groups in total. The number of hydrogen-bond donors (Lipinski definition) is 1. The van der Waals surface area contributed by atoms with Crippen molar-refractivity contribution in [3.63, 3.8) is 0 Å². The van der Waals surface area contributed by atoms with Crippen molar-refractivity contribution in [2.45, 2.75) is 20.4 Å². The summed E-state index contributed by atoms with van der Waals surface area (Å²) in [5.74, 6) is 1.07. The molecule has 21 heavy (non-hydrogen) atoms. The molecule has 0 atom stereocenters. The number of aryl methyl sites for hydroxylation is 2. The molecule has 1 aromatic carbocycles. The lowest BCUT2D eigenvalue weighted by atomic mass is 10.1. The van der Waals surface area contributed by atoms with E-state index in [1.807, 2.05) is 32.0 Å². The van der Waals surface area contributed by atoms with Gasteiger partial charge in [0.1, 0.15) is 9.88 Å². The van der Waals surface area contributed by atoms with Gasteiger partial charge in [-0.3, -0.25) is 0 Å². The van der Waals surface area contributed by atoms with Crippen molar-refractivity contribution in [2.75, 3.05) is 0 Å². The van der Waals surface area contributed by atoms with Gasteiger partial charge in [-0.2, -0.15) is 4.98 Å². The van der Waals surface area contributed by atoms with Gasteiger partial charge in [0.05, 0.1) is 5.69 Å². The van der Waals surface area contributed by atoms with Crippen molar-refractivity contribution in [3.8, 4) is 22.2 Å². The molecule has 2 heterocycles. The third-order valence-electron chi connectivity index (χ3n) is 3.07. The lowest BCUT2D eigenvalue weighted by molar-refractivity contribution is 0.433. The van der Waals surface area contributed by atoms with Gasteiger partial charge in [0, 0.05) is 16.6 Å². The molecule has 0 fully saturated rings. The van der Waals surface area contributed by atoms with Crippen LogP contribution in [0.5, 0.6) is 0 Å². The lowest BCUT2D eigenvalue weighted by Crippen LogP contribution is -1.94. The first-order valence-corrected chi connectivity index (χ1v) is 7.96. The van der Waals surface area contributed by atoms with Gasteiger partial charge in [0.15, 0.2) is 0 Å². The molecule has 0 aliphatic rings. The number of aromatic nitrogens is 3. The van der Waals surface area contributed by atoms with Crippen LogP contribution in [0.3, 0.4) is 0 Å². The molecule has 0 unspecified atom stereocenters. The molecule has 108 valence electrons. The highest BCUT2D eigenvalue weighted by Crippen LogP contribution is 2.31. The maximum atomic E-state index is 5.62. The van der Waals surface area contributed by atoms with Crippen molar-refractivity contribution in [2.24, 2.45) is 5.73 Å². The maximum absolute atomic E-state index is 5.62. The number of nitrogens with two attached hydrogens (primary N) is 1. The zero-order valence-corrected chi connectivity index (χ0v) is 14.0. The van der Waals surface area contributed by atoms with Crippen molar-refractivity contribution in [1.82, 2.24) is 15.1 Å². The van der Waals surface area contributed by atoms with Crippen molar-refractivity contribution in [1.29, 1.82) is 0 Å². The molecule has 0 radical (unpaired) electrons. The first-order valence-electron chi connectivity index (χ1n) is 6.35. The summed E-state index contributed by atoms with van der Waals surface area (Å²) in [6.45, 7) is 4.35. The Morgan fingerprint density at radius 3 is 2.76 bits per heavy atom. The van der Waals surface area contributed by atoms with Crippen LogP contribution in [-0.4, -0.2) is 15.1 Å². The van der Waals surface area contributed by atoms with Crippen molar-refractivity contribution in [3.05, 3.63) is 38.9 Å². The minimum absolute atomic E-state index is 0.415. The van der Waals surface area contributed by atoms with Gasteiger partial charge in [-0.05, 0) is 37.6 Å². The smallest absolute Gasteiger partial charge is 0.270 e. The van der Waals surface area contributed by atoms with Crippen molar-refractivity contribution < 1.29 is 4.52 Å². The Balaban J connectivity index is 2.01. The van der Waals surface area contributed by atoms with Gasteiger partial charge in [0.2, 0.25) is 5.82 Å². The van der Waals surface area contributed by atoms with Gasteiger partial charge in [0.25, 0.3) is 5.89 Å². The van der Waals surface area contributed by atoms with Crippen LogP contribution in [0.2, 0.25) is 0 Å². The summed E-state index contributed by atoms with van der Waals surface area (Å²) in [6.07, 6.45) is 0. The van der Waals surface area contributed by atoms with Crippen LogP contribution in [0.25, 0.3) is 22.2 Å². The van der Waals surface area contributed by atoms with Crippen LogP contribution in [0.1, 0.15) is 16.3 Å². The van der Waals surface area contributed by atoms with Crippen molar-refractivity contribution >= 4 is 27.3 Å². The molecule has 3 aromatic rings. The minimum atomic E-state index is 0.415. The highest BCUT2D eigenvalue weighted by molar-refractivity contribution is 9.10. The Kier molecular flexibility index (Phi) is 3.88. The molecule has 0 bridgehead atoms. The number of halogens is 1. The van der Waals surface area contributed by atoms with E-state index in [0.717, 1.165) is 31.2 Å². The molecule has 0 saturated heterocycles. The van der Waals surface area contributed by atoms with E-state index in [-0.39, 0.29) is 0 Å². The molecule has 2 aromatic heterocycles. The van der Waals surface area contributed by atoms with Gasteiger partial charge in [-0.25, -0.2) is 4.98 Å². The molecular formula is C14H13BrN4OS. The Bertz CT molecular complexity index is 796. The molecule has 7 heteroatoms. The SMILES string of the molecule is Cc1cc(Br)ccc1-c1noc(-c2sc(CN)nc2C)n1. The summed E-state index contributed by atoms with van der Waals surface area (Å²) in [5.41, 5.74) is 8.52. The number of thiazole rings is 1. The van der Waals surface area contributed by atoms with Gasteiger partial charge < -0.3 is 10.3 Å². The first kappa shape index (κ1) is 14.4. The molecule has 0 aliphatic heterocycles. The predicted molar refractivity (Wildman–Crippen MR) is 85.9 cm³/mol. The highest BCUT2D eigenvalue weighted by atomic mass is 79.9. The molecule has 5 nitrogen and oxygen atoms in total. The van der Waals surface area contributed by atoms with E-state index in [2.05, 4.69) is 31.1 Å². The molecular weight excluding hydrogens is 352 g/mol. The Morgan fingerprint density at radius 1 is 1.29 bits per heavy atom. The number of hydrogen-bond acceptors (Lipinski definition) is 6. The van der Waals surface area contributed by atoms with E-state index in [9.17, 15) is 0 Å². The summed E-state index contributed by atoms with van der Waals surface area (Å²) in [5, 5.41) is 4.94. The average Bonchev–Trinajstić information content (AvgIpc) is 3.05. The number of benzene rings is 1. The second-order valence-electron chi connectivity index (χ2n) is 4.61. The lowest BCUT2D eigenvalue weighted by Gasteiger charge is -2.00. The molecule has 3 rings (SSSR count). The van der Waals surface area contributed by atoms with E-state index < -0.39 is 0 Å². The third-order valence-corrected chi connectivity index (χ3v) is 4.73. The minimum Gasteiger partial charge on any atom is -0.333 e. The topological polar surface area (TPSA) is 77.8 Å². The zero-order valence-electron chi connectivity index (χ0n) is 11.6. The third kappa shape index (κ3) is 2.76. The van der Waals surface area contributed by atoms with Crippen LogP contribution < -0.4 is 5.73 Å². The Hall–Kier alpha value is -1.57. The van der Waals surface area contributed by atoms with E-state index in [1.54, 1.807) is 0 Å². The summed E-state index contributed by atoms with van der Waals surface area (Å²) in [4.78, 5) is 9.74. The average molecular weight is 365 g/mol. The van der Waals surface area contributed by atoms with Gasteiger partial charge >= 0.3 is 0 Å².